The Morgan fingerprint density at radius 3 is 2.50 bits per heavy atom. The van der Waals surface area contributed by atoms with E-state index in [-0.39, 0.29) is 11.6 Å². The molecule has 0 spiro atoms. The standard InChI is InChI=1S/C11H14BFO3/c13-9-5-8(12(14)15)6-11(7-9)16-10-3-1-2-4-10/h5-7,10,14-15H,1-4H2. The van der Waals surface area contributed by atoms with Crippen LogP contribution < -0.4 is 10.2 Å². The van der Waals surface area contributed by atoms with E-state index in [1.165, 1.54) is 12.1 Å². The molecular formula is C11H14BFO3. The van der Waals surface area contributed by atoms with Crippen LogP contribution in [0.5, 0.6) is 5.75 Å². The van der Waals surface area contributed by atoms with Crippen LogP contribution in [0.15, 0.2) is 18.2 Å². The van der Waals surface area contributed by atoms with Crippen LogP contribution in [0.1, 0.15) is 25.7 Å². The third kappa shape index (κ3) is 2.74. The third-order valence-corrected chi connectivity index (χ3v) is 2.80. The van der Waals surface area contributed by atoms with Gasteiger partial charge in [-0.25, -0.2) is 4.39 Å². The molecule has 2 rings (SSSR count). The second kappa shape index (κ2) is 4.85. The van der Waals surface area contributed by atoms with E-state index in [0.717, 1.165) is 31.7 Å². The van der Waals surface area contributed by atoms with Gasteiger partial charge in [-0.05, 0) is 43.3 Å². The summed E-state index contributed by atoms with van der Waals surface area (Å²) >= 11 is 0. The predicted octanol–water partition coefficient (Wildman–Crippen LogP) is 0.827. The Morgan fingerprint density at radius 1 is 1.19 bits per heavy atom. The highest BCUT2D eigenvalue weighted by Gasteiger charge is 2.19. The monoisotopic (exact) mass is 224 g/mol. The maximum atomic E-state index is 13.2. The molecule has 1 fully saturated rings. The van der Waals surface area contributed by atoms with Crippen molar-refractivity contribution in [3.8, 4) is 5.75 Å². The van der Waals surface area contributed by atoms with Crippen LogP contribution in [0.25, 0.3) is 0 Å². The summed E-state index contributed by atoms with van der Waals surface area (Å²) in [5, 5.41) is 17.9. The summed E-state index contributed by atoms with van der Waals surface area (Å²) in [6.45, 7) is 0. The fourth-order valence-corrected chi connectivity index (χ4v) is 2.00. The van der Waals surface area contributed by atoms with Crippen LogP contribution in [-0.4, -0.2) is 23.3 Å². The Morgan fingerprint density at radius 2 is 1.88 bits per heavy atom. The first-order valence-electron chi connectivity index (χ1n) is 5.48. The third-order valence-electron chi connectivity index (χ3n) is 2.80. The molecule has 0 amide bonds. The van der Waals surface area contributed by atoms with Gasteiger partial charge < -0.3 is 14.8 Å². The Labute approximate surface area is 94.0 Å². The molecule has 2 N–H and O–H groups in total. The lowest BCUT2D eigenvalue weighted by atomic mass is 9.80. The van der Waals surface area contributed by atoms with Gasteiger partial charge in [0.25, 0.3) is 0 Å². The molecule has 5 heteroatoms. The number of halogens is 1. The SMILES string of the molecule is OB(O)c1cc(F)cc(OC2CCCC2)c1. The zero-order chi connectivity index (χ0) is 11.5. The van der Waals surface area contributed by atoms with Crippen LogP contribution >= 0.6 is 0 Å². The van der Waals surface area contributed by atoms with E-state index in [4.69, 9.17) is 14.8 Å². The fourth-order valence-electron chi connectivity index (χ4n) is 2.00. The lowest BCUT2D eigenvalue weighted by molar-refractivity contribution is 0.209. The maximum absolute atomic E-state index is 13.2. The van der Waals surface area contributed by atoms with Crippen molar-refractivity contribution in [3.05, 3.63) is 24.0 Å². The molecule has 0 radical (unpaired) electrons. The van der Waals surface area contributed by atoms with Crippen molar-refractivity contribution in [2.24, 2.45) is 0 Å². The van der Waals surface area contributed by atoms with Gasteiger partial charge in [-0.3, -0.25) is 0 Å². The lowest BCUT2D eigenvalue weighted by Crippen LogP contribution is -2.30. The van der Waals surface area contributed by atoms with Crippen molar-refractivity contribution in [3.63, 3.8) is 0 Å². The maximum Gasteiger partial charge on any atom is 0.488 e. The highest BCUT2D eigenvalue weighted by Crippen LogP contribution is 2.23. The van der Waals surface area contributed by atoms with Crippen molar-refractivity contribution in [1.29, 1.82) is 0 Å². The minimum Gasteiger partial charge on any atom is -0.490 e. The highest BCUT2D eigenvalue weighted by molar-refractivity contribution is 6.58. The van der Waals surface area contributed by atoms with Gasteiger partial charge >= 0.3 is 7.12 Å². The van der Waals surface area contributed by atoms with Gasteiger partial charge in [0.2, 0.25) is 0 Å². The van der Waals surface area contributed by atoms with Gasteiger partial charge in [0.05, 0.1) is 6.10 Å². The van der Waals surface area contributed by atoms with Crippen LogP contribution in [0, 0.1) is 5.82 Å². The van der Waals surface area contributed by atoms with Crippen molar-refractivity contribution >= 4 is 12.6 Å². The van der Waals surface area contributed by atoms with Gasteiger partial charge in [0.1, 0.15) is 11.6 Å². The van der Waals surface area contributed by atoms with E-state index in [2.05, 4.69) is 0 Å². The molecule has 0 heterocycles. The first kappa shape index (κ1) is 11.4. The zero-order valence-corrected chi connectivity index (χ0v) is 8.90. The molecule has 16 heavy (non-hydrogen) atoms. The van der Waals surface area contributed by atoms with Crippen LogP contribution in [0.3, 0.4) is 0 Å². The van der Waals surface area contributed by atoms with E-state index < -0.39 is 12.9 Å². The molecule has 1 aromatic rings. The lowest BCUT2D eigenvalue weighted by Gasteiger charge is -2.14. The van der Waals surface area contributed by atoms with E-state index in [1.54, 1.807) is 0 Å². The smallest absolute Gasteiger partial charge is 0.488 e. The molecule has 1 aromatic carbocycles. The molecule has 0 unspecified atom stereocenters. The molecule has 0 atom stereocenters. The minimum atomic E-state index is -1.67. The topological polar surface area (TPSA) is 49.7 Å². The van der Waals surface area contributed by atoms with Crippen molar-refractivity contribution in [1.82, 2.24) is 0 Å². The molecular weight excluding hydrogens is 210 g/mol. The zero-order valence-electron chi connectivity index (χ0n) is 8.90. The largest absolute Gasteiger partial charge is 0.490 e. The fraction of sp³-hybridized carbons (Fsp3) is 0.455. The Hall–Kier alpha value is -1.07. The highest BCUT2D eigenvalue weighted by atomic mass is 19.1. The van der Waals surface area contributed by atoms with Gasteiger partial charge in [0, 0.05) is 6.07 Å². The van der Waals surface area contributed by atoms with E-state index >= 15 is 0 Å². The second-order valence-corrected chi connectivity index (χ2v) is 4.12. The molecule has 1 aliphatic carbocycles. The normalized spacial score (nSPS) is 16.4. The van der Waals surface area contributed by atoms with Crippen LogP contribution in [0.4, 0.5) is 4.39 Å². The van der Waals surface area contributed by atoms with Gasteiger partial charge in [0.15, 0.2) is 0 Å². The summed E-state index contributed by atoms with van der Waals surface area (Å²) in [7, 11) is -1.67. The molecule has 1 aliphatic rings. The first-order chi connectivity index (χ1) is 7.65. The average molecular weight is 224 g/mol. The Bertz CT molecular complexity index is 364. The first-order valence-corrected chi connectivity index (χ1v) is 5.48. The van der Waals surface area contributed by atoms with Crippen LogP contribution in [-0.2, 0) is 0 Å². The molecule has 0 bridgehead atoms. The summed E-state index contributed by atoms with van der Waals surface area (Å²) in [5.74, 6) is -0.145. The summed E-state index contributed by atoms with van der Waals surface area (Å²) in [5.41, 5.74) is 0.119. The van der Waals surface area contributed by atoms with Gasteiger partial charge in [-0.1, -0.05) is 0 Å². The number of ether oxygens (including phenoxy) is 1. The summed E-state index contributed by atoms with van der Waals surface area (Å²) in [4.78, 5) is 0. The van der Waals surface area contributed by atoms with E-state index in [9.17, 15) is 4.39 Å². The van der Waals surface area contributed by atoms with Crippen LogP contribution in [0.2, 0.25) is 0 Å². The number of rotatable bonds is 3. The van der Waals surface area contributed by atoms with Gasteiger partial charge in [-0.15, -0.1) is 0 Å². The second-order valence-electron chi connectivity index (χ2n) is 4.12. The van der Waals surface area contributed by atoms with E-state index in [1.807, 2.05) is 0 Å². The molecule has 86 valence electrons. The Balaban J connectivity index is 2.13. The summed E-state index contributed by atoms with van der Waals surface area (Å²) in [6.07, 6.45) is 4.36. The Kier molecular flexibility index (Phi) is 3.46. The molecule has 0 aliphatic heterocycles. The predicted molar refractivity (Wildman–Crippen MR) is 59.1 cm³/mol. The summed E-state index contributed by atoms with van der Waals surface area (Å²) < 4.78 is 18.7. The molecule has 0 aromatic heterocycles. The van der Waals surface area contributed by atoms with E-state index in [0.29, 0.717) is 5.75 Å². The summed E-state index contributed by atoms with van der Waals surface area (Å²) in [6, 6.07) is 3.82. The van der Waals surface area contributed by atoms with Gasteiger partial charge in [-0.2, -0.15) is 0 Å². The van der Waals surface area contributed by atoms with Crippen molar-refractivity contribution in [2.45, 2.75) is 31.8 Å². The number of benzene rings is 1. The number of hydrogen-bond acceptors (Lipinski definition) is 3. The molecule has 0 saturated heterocycles. The molecule has 3 nitrogen and oxygen atoms in total. The van der Waals surface area contributed by atoms with Crippen molar-refractivity contribution in [2.75, 3.05) is 0 Å². The average Bonchev–Trinajstić information content (AvgIpc) is 2.69. The van der Waals surface area contributed by atoms with Crippen molar-refractivity contribution < 1.29 is 19.2 Å². The quantitative estimate of drug-likeness (QED) is 0.747. The minimum absolute atomic E-state index is 0.119. The number of hydrogen-bond donors (Lipinski definition) is 2. The molecule has 1 saturated carbocycles.